The third-order valence-corrected chi connectivity index (χ3v) is 2.15. The number of benzene rings is 1. The van der Waals surface area contributed by atoms with Crippen molar-refractivity contribution in [3.8, 4) is 17.0 Å². The van der Waals surface area contributed by atoms with Gasteiger partial charge in [-0.15, -0.1) is 0 Å². The van der Waals surface area contributed by atoms with Gasteiger partial charge in [-0.1, -0.05) is 30.3 Å². The molecule has 4 nitrogen and oxygen atoms in total. The van der Waals surface area contributed by atoms with Gasteiger partial charge >= 0.3 is 0 Å². The third-order valence-electron chi connectivity index (χ3n) is 2.15. The van der Waals surface area contributed by atoms with Crippen molar-refractivity contribution in [1.82, 2.24) is 9.97 Å². The molecule has 0 aliphatic carbocycles. The number of aldehydes is 1. The molecule has 0 N–H and O–H groups in total. The highest BCUT2D eigenvalue weighted by atomic mass is 16.5. The molecule has 1 aromatic carbocycles. The smallest absolute Gasteiger partial charge is 0.193 e. The maximum atomic E-state index is 10.6. The lowest BCUT2D eigenvalue weighted by atomic mass is 10.1. The minimum Gasteiger partial charge on any atom is -0.493 e. The molecule has 2 aromatic rings. The molecule has 0 saturated carbocycles. The molecule has 1 heterocycles. The number of aromatic nitrogens is 2. The van der Waals surface area contributed by atoms with Crippen LogP contribution in [-0.4, -0.2) is 23.4 Å². The summed E-state index contributed by atoms with van der Waals surface area (Å²) in [5, 5.41) is 0. The molecule has 2 rings (SSSR count). The maximum absolute atomic E-state index is 10.6. The Kier molecular flexibility index (Phi) is 2.91. The number of hydrogen-bond donors (Lipinski definition) is 0. The highest BCUT2D eigenvalue weighted by Gasteiger charge is 2.08. The molecule has 80 valence electrons. The van der Waals surface area contributed by atoms with Crippen LogP contribution in [0.25, 0.3) is 11.3 Å². The van der Waals surface area contributed by atoms with Crippen LogP contribution in [0.1, 0.15) is 10.6 Å². The molecule has 0 atom stereocenters. The summed E-state index contributed by atoms with van der Waals surface area (Å²) in [5.74, 6) is 0.705. The van der Waals surface area contributed by atoms with Gasteiger partial charge in [-0.05, 0) is 0 Å². The molecule has 4 heteroatoms. The van der Waals surface area contributed by atoms with Gasteiger partial charge in [0.2, 0.25) is 0 Å². The van der Waals surface area contributed by atoms with Crippen LogP contribution in [0.4, 0.5) is 0 Å². The molecule has 0 aliphatic rings. The van der Waals surface area contributed by atoms with Crippen molar-refractivity contribution >= 4 is 6.29 Å². The first-order chi connectivity index (χ1) is 7.85. The summed E-state index contributed by atoms with van der Waals surface area (Å²) in [5.41, 5.74) is 1.52. The van der Waals surface area contributed by atoms with Crippen LogP contribution < -0.4 is 4.74 Å². The number of ether oxygens (including phenoxy) is 1. The second kappa shape index (κ2) is 4.53. The van der Waals surface area contributed by atoms with E-state index in [1.165, 1.54) is 6.20 Å². The van der Waals surface area contributed by atoms with Crippen molar-refractivity contribution in [2.45, 2.75) is 0 Å². The average Bonchev–Trinajstić information content (AvgIpc) is 2.39. The number of rotatable bonds is 3. The molecule has 0 aliphatic heterocycles. The molecule has 0 radical (unpaired) electrons. The molecular weight excluding hydrogens is 204 g/mol. The maximum Gasteiger partial charge on any atom is 0.193 e. The Morgan fingerprint density at radius 3 is 2.62 bits per heavy atom. The first-order valence-corrected chi connectivity index (χ1v) is 4.77. The molecule has 0 unspecified atom stereocenters. The Morgan fingerprint density at radius 2 is 2.00 bits per heavy atom. The summed E-state index contributed by atoms with van der Waals surface area (Å²) in [4.78, 5) is 18.6. The second-order valence-electron chi connectivity index (χ2n) is 3.13. The topological polar surface area (TPSA) is 52.1 Å². The normalized spacial score (nSPS) is 9.81. The molecule has 0 fully saturated rings. The van der Waals surface area contributed by atoms with E-state index in [2.05, 4.69) is 9.97 Å². The fraction of sp³-hybridized carbons (Fsp3) is 0.0833. The first-order valence-electron chi connectivity index (χ1n) is 4.77. The summed E-state index contributed by atoms with van der Waals surface area (Å²) in [6.07, 6.45) is 2.12. The Morgan fingerprint density at radius 1 is 1.25 bits per heavy atom. The van der Waals surface area contributed by atoms with E-state index in [0.717, 1.165) is 5.56 Å². The minimum atomic E-state index is 0.152. The van der Waals surface area contributed by atoms with Crippen molar-refractivity contribution in [2.24, 2.45) is 0 Å². The van der Waals surface area contributed by atoms with Gasteiger partial charge in [-0.3, -0.25) is 4.79 Å². The fourth-order valence-corrected chi connectivity index (χ4v) is 1.39. The minimum absolute atomic E-state index is 0.152. The Labute approximate surface area is 92.9 Å². The monoisotopic (exact) mass is 214 g/mol. The number of carbonyl (C=O) groups is 1. The van der Waals surface area contributed by atoms with Crippen molar-refractivity contribution in [3.63, 3.8) is 0 Å². The standard InChI is InChI=1S/C12H10N2O2/c1-16-10-7-13-11(8-15)14-12(10)9-5-3-2-4-6-9/h2-8H,1H3. The summed E-state index contributed by atoms with van der Waals surface area (Å²) in [6, 6.07) is 9.52. The molecular formula is C12H10N2O2. The van der Waals surface area contributed by atoms with Crippen LogP contribution in [0.5, 0.6) is 5.75 Å². The highest BCUT2D eigenvalue weighted by molar-refractivity contribution is 5.73. The van der Waals surface area contributed by atoms with Crippen molar-refractivity contribution in [1.29, 1.82) is 0 Å². The number of nitrogens with zero attached hydrogens (tertiary/aromatic N) is 2. The zero-order valence-electron chi connectivity index (χ0n) is 8.75. The van der Waals surface area contributed by atoms with E-state index in [9.17, 15) is 4.79 Å². The zero-order valence-corrected chi connectivity index (χ0v) is 8.75. The van der Waals surface area contributed by atoms with Crippen LogP contribution in [0, 0.1) is 0 Å². The average molecular weight is 214 g/mol. The number of hydrogen-bond acceptors (Lipinski definition) is 4. The van der Waals surface area contributed by atoms with Crippen LogP contribution in [0.2, 0.25) is 0 Å². The van der Waals surface area contributed by atoms with Gasteiger partial charge in [-0.25, -0.2) is 9.97 Å². The van der Waals surface area contributed by atoms with Gasteiger partial charge in [0, 0.05) is 5.56 Å². The largest absolute Gasteiger partial charge is 0.493 e. The summed E-state index contributed by atoms with van der Waals surface area (Å²) in [6.45, 7) is 0. The Balaban J connectivity index is 2.57. The van der Waals surface area contributed by atoms with Gasteiger partial charge in [0.25, 0.3) is 0 Å². The first kappa shape index (κ1) is 10.3. The third kappa shape index (κ3) is 1.91. The summed E-state index contributed by atoms with van der Waals surface area (Å²) < 4.78 is 5.16. The lowest BCUT2D eigenvalue weighted by Crippen LogP contribution is -1.98. The molecule has 0 spiro atoms. The van der Waals surface area contributed by atoms with Crippen LogP contribution in [0.15, 0.2) is 36.5 Å². The number of methoxy groups -OCH3 is 1. The number of carbonyl (C=O) groups excluding carboxylic acids is 1. The van der Waals surface area contributed by atoms with Crippen molar-refractivity contribution in [3.05, 3.63) is 42.4 Å². The van der Waals surface area contributed by atoms with Crippen molar-refractivity contribution in [2.75, 3.05) is 7.11 Å². The van der Waals surface area contributed by atoms with E-state index in [1.807, 2.05) is 30.3 Å². The van der Waals surface area contributed by atoms with Gasteiger partial charge < -0.3 is 4.74 Å². The zero-order chi connectivity index (χ0) is 11.4. The summed E-state index contributed by atoms with van der Waals surface area (Å²) >= 11 is 0. The predicted molar refractivity (Wildman–Crippen MR) is 59.4 cm³/mol. The van der Waals surface area contributed by atoms with Crippen LogP contribution in [-0.2, 0) is 0 Å². The van der Waals surface area contributed by atoms with E-state index < -0.39 is 0 Å². The van der Waals surface area contributed by atoms with E-state index in [-0.39, 0.29) is 5.82 Å². The van der Waals surface area contributed by atoms with Crippen LogP contribution >= 0.6 is 0 Å². The second-order valence-corrected chi connectivity index (χ2v) is 3.13. The lowest BCUT2D eigenvalue weighted by molar-refractivity contribution is 0.111. The predicted octanol–water partition coefficient (Wildman–Crippen LogP) is 1.96. The molecule has 0 amide bonds. The molecule has 1 aromatic heterocycles. The van der Waals surface area contributed by atoms with E-state index in [0.29, 0.717) is 17.7 Å². The van der Waals surface area contributed by atoms with Gasteiger partial charge in [0.15, 0.2) is 17.9 Å². The van der Waals surface area contributed by atoms with Gasteiger partial charge in [0.1, 0.15) is 5.69 Å². The Hall–Kier alpha value is -2.23. The molecule has 16 heavy (non-hydrogen) atoms. The quantitative estimate of drug-likeness (QED) is 0.733. The van der Waals surface area contributed by atoms with E-state index in [4.69, 9.17) is 4.74 Å². The molecule has 0 bridgehead atoms. The molecule has 0 saturated heterocycles. The van der Waals surface area contributed by atoms with Gasteiger partial charge in [-0.2, -0.15) is 0 Å². The summed E-state index contributed by atoms with van der Waals surface area (Å²) in [7, 11) is 1.55. The SMILES string of the molecule is COc1cnc(C=O)nc1-c1ccccc1. The van der Waals surface area contributed by atoms with Gasteiger partial charge in [0.05, 0.1) is 13.3 Å². The fourth-order valence-electron chi connectivity index (χ4n) is 1.39. The van der Waals surface area contributed by atoms with Crippen LogP contribution in [0.3, 0.4) is 0 Å². The van der Waals surface area contributed by atoms with Crippen molar-refractivity contribution < 1.29 is 9.53 Å². The van der Waals surface area contributed by atoms with E-state index >= 15 is 0 Å². The lowest BCUT2D eigenvalue weighted by Gasteiger charge is -2.06. The van der Waals surface area contributed by atoms with E-state index in [1.54, 1.807) is 7.11 Å². The Bertz CT molecular complexity index is 498. The highest BCUT2D eigenvalue weighted by Crippen LogP contribution is 2.26.